The first-order valence-electron chi connectivity index (χ1n) is 13.6. The fraction of sp³-hybridized carbons (Fsp3) is 0.533. The molecular formula is C30H41N3O4S. The molecule has 4 atom stereocenters. The number of fused-ring (bicyclic) bond motifs is 1. The van der Waals surface area contributed by atoms with Crippen molar-refractivity contribution >= 4 is 29.4 Å². The number of aliphatic hydroxyl groups excluding tert-OH is 1. The van der Waals surface area contributed by atoms with E-state index in [1.165, 1.54) is 0 Å². The zero-order chi connectivity index (χ0) is 27.1. The van der Waals surface area contributed by atoms with E-state index in [0.717, 1.165) is 36.4 Å². The number of benzene rings is 2. The zero-order valence-electron chi connectivity index (χ0n) is 22.7. The van der Waals surface area contributed by atoms with Gasteiger partial charge in [-0.25, -0.2) is 4.79 Å². The Kier molecular flexibility index (Phi) is 9.74. The molecule has 2 aromatic carbocycles. The molecule has 7 nitrogen and oxygen atoms in total. The summed E-state index contributed by atoms with van der Waals surface area (Å²) < 4.78 is 5.61. The van der Waals surface area contributed by atoms with Crippen LogP contribution in [0.25, 0.3) is 0 Å². The molecule has 2 aromatic rings. The van der Waals surface area contributed by atoms with Crippen LogP contribution in [0.2, 0.25) is 0 Å². The number of β-amino-alcohol motifs (C(OH)–C–C–N with tert-alkyl or cyclic N) is 1. The quantitative estimate of drug-likeness (QED) is 0.481. The van der Waals surface area contributed by atoms with Crippen molar-refractivity contribution in [1.82, 2.24) is 10.2 Å². The molecule has 4 rings (SSSR count). The summed E-state index contributed by atoms with van der Waals surface area (Å²) in [6.07, 6.45) is 1.31. The van der Waals surface area contributed by atoms with Crippen LogP contribution in [-0.4, -0.2) is 70.3 Å². The zero-order valence-corrected chi connectivity index (χ0v) is 23.5. The highest BCUT2D eigenvalue weighted by Gasteiger charge is 2.45. The van der Waals surface area contributed by atoms with Crippen LogP contribution >= 0.6 is 11.8 Å². The number of ether oxygens (including phenoxy) is 1. The molecule has 206 valence electrons. The minimum Gasteiger partial charge on any atom is -0.444 e. The molecule has 0 spiro atoms. The lowest BCUT2D eigenvalue weighted by atomic mass is 9.85. The summed E-state index contributed by atoms with van der Waals surface area (Å²) in [6, 6.07) is 18.7. The van der Waals surface area contributed by atoms with E-state index in [9.17, 15) is 14.7 Å². The van der Waals surface area contributed by atoms with Crippen LogP contribution in [0.15, 0.2) is 60.7 Å². The van der Waals surface area contributed by atoms with E-state index in [0.29, 0.717) is 30.7 Å². The predicted octanol–water partition coefficient (Wildman–Crippen LogP) is 4.69. The Morgan fingerprint density at radius 3 is 2.47 bits per heavy atom. The van der Waals surface area contributed by atoms with E-state index in [2.05, 4.69) is 10.2 Å². The summed E-state index contributed by atoms with van der Waals surface area (Å²) in [6.45, 7) is 7.69. The van der Waals surface area contributed by atoms with Crippen molar-refractivity contribution in [2.75, 3.05) is 30.3 Å². The minimum absolute atomic E-state index is 0.0531. The number of nitrogens with zero attached hydrogens (tertiary/aromatic N) is 2. The summed E-state index contributed by atoms with van der Waals surface area (Å²) in [5.41, 5.74) is 1.34. The Morgan fingerprint density at radius 1 is 1.11 bits per heavy atom. The van der Waals surface area contributed by atoms with Gasteiger partial charge in [0.2, 0.25) is 5.91 Å². The van der Waals surface area contributed by atoms with Gasteiger partial charge in [-0.1, -0.05) is 48.5 Å². The summed E-state index contributed by atoms with van der Waals surface area (Å²) in [5.74, 6) is 1.44. The van der Waals surface area contributed by atoms with Crippen LogP contribution in [0.1, 0.15) is 45.6 Å². The maximum absolute atomic E-state index is 13.4. The van der Waals surface area contributed by atoms with Crippen molar-refractivity contribution in [1.29, 1.82) is 0 Å². The first-order chi connectivity index (χ1) is 18.2. The van der Waals surface area contributed by atoms with Crippen LogP contribution in [0.5, 0.6) is 0 Å². The molecule has 8 heteroatoms. The van der Waals surface area contributed by atoms with Crippen LogP contribution < -0.4 is 10.2 Å². The van der Waals surface area contributed by atoms with Crippen molar-refractivity contribution in [3.05, 3.63) is 66.2 Å². The van der Waals surface area contributed by atoms with E-state index in [4.69, 9.17) is 4.74 Å². The van der Waals surface area contributed by atoms with E-state index in [-0.39, 0.29) is 24.1 Å². The van der Waals surface area contributed by atoms with Gasteiger partial charge in [-0.05, 0) is 69.4 Å². The molecule has 2 aliphatic rings. The number of likely N-dealkylation sites (tertiary alicyclic amines) is 1. The number of thioether (sulfide) groups is 1. The number of para-hydroxylation sites is 1. The predicted molar refractivity (Wildman–Crippen MR) is 153 cm³/mol. The largest absolute Gasteiger partial charge is 0.444 e. The number of anilines is 1. The molecule has 2 heterocycles. The van der Waals surface area contributed by atoms with Gasteiger partial charge in [-0.2, -0.15) is 11.8 Å². The van der Waals surface area contributed by atoms with Gasteiger partial charge < -0.3 is 15.2 Å². The van der Waals surface area contributed by atoms with Crippen molar-refractivity contribution < 1.29 is 19.4 Å². The van der Waals surface area contributed by atoms with Crippen LogP contribution in [0.3, 0.4) is 0 Å². The lowest BCUT2D eigenvalue weighted by molar-refractivity contribution is -0.132. The summed E-state index contributed by atoms with van der Waals surface area (Å²) >= 11 is 1.98. The normalized spacial score (nSPS) is 22.4. The number of carbonyl (C=O) groups excluding carboxylic acids is 2. The Morgan fingerprint density at radius 2 is 1.79 bits per heavy atom. The molecule has 2 N–H and O–H groups in total. The van der Waals surface area contributed by atoms with Crippen LogP contribution in [0, 0.1) is 5.92 Å². The number of aliphatic hydroxyl groups is 1. The van der Waals surface area contributed by atoms with Crippen molar-refractivity contribution in [3.63, 3.8) is 0 Å². The molecule has 0 radical (unpaired) electrons. The number of piperidine rings is 1. The SMILES string of the molecule is CC(C)(C)NC(=O)C1[C@H]2CCS[C@H]2CCN1C[C@H](O)CCN(C(=O)OCc1ccccc1)c1ccccc1. The Bertz CT molecular complexity index is 1050. The van der Waals surface area contributed by atoms with E-state index in [1.807, 2.05) is 93.2 Å². The second-order valence-corrected chi connectivity index (χ2v) is 12.6. The summed E-state index contributed by atoms with van der Waals surface area (Å²) in [7, 11) is 0. The van der Waals surface area contributed by atoms with Gasteiger partial charge >= 0.3 is 6.09 Å². The lowest BCUT2D eigenvalue weighted by Gasteiger charge is -2.43. The number of nitrogens with one attached hydrogen (secondary N) is 1. The second kappa shape index (κ2) is 13.0. The summed E-state index contributed by atoms with van der Waals surface area (Å²) in [4.78, 5) is 30.2. The van der Waals surface area contributed by atoms with Crippen LogP contribution in [-0.2, 0) is 16.1 Å². The summed E-state index contributed by atoms with van der Waals surface area (Å²) in [5, 5.41) is 14.8. The lowest BCUT2D eigenvalue weighted by Crippen LogP contribution is -2.60. The van der Waals surface area contributed by atoms with E-state index >= 15 is 0 Å². The van der Waals surface area contributed by atoms with Crippen molar-refractivity contribution in [2.24, 2.45) is 5.92 Å². The average molecular weight is 540 g/mol. The number of rotatable bonds is 9. The fourth-order valence-electron chi connectivity index (χ4n) is 5.41. The first kappa shape index (κ1) is 28.5. The highest BCUT2D eigenvalue weighted by atomic mass is 32.2. The number of hydrogen-bond acceptors (Lipinski definition) is 6. The van der Waals surface area contributed by atoms with Crippen LogP contribution in [0.4, 0.5) is 10.5 Å². The van der Waals surface area contributed by atoms with Gasteiger partial charge in [0.25, 0.3) is 0 Å². The number of carbonyl (C=O) groups is 2. The Balaban J connectivity index is 1.39. The van der Waals surface area contributed by atoms with Gasteiger partial charge in [0.15, 0.2) is 0 Å². The van der Waals surface area contributed by atoms with Gasteiger partial charge in [0.1, 0.15) is 6.61 Å². The molecule has 0 bridgehead atoms. The highest BCUT2D eigenvalue weighted by Crippen LogP contribution is 2.41. The highest BCUT2D eigenvalue weighted by molar-refractivity contribution is 8.00. The third kappa shape index (κ3) is 7.74. The van der Waals surface area contributed by atoms with Gasteiger partial charge in [0, 0.05) is 36.1 Å². The van der Waals surface area contributed by atoms with Crippen molar-refractivity contribution in [3.8, 4) is 0 Å². The fourth-order valence-corrected chi connectivity index (χ4v) is 6.92. The van der Waals surface area contributed by atoms with Gasteiger partial charge in [-0.3, -0.25) is 14.6 Å². The molecule has 38 heavy (non-hydrogen) atoms. The van der Waals surface area contributed by atoms with Gasteiger partial charge in [0.05, 0.1) is 12.1 Å². The molecule has 0 saturated carbocycles. The first-order valence-corrected chi connectivity index (χ1v) is 14.6. The molecular weight excluding hydrogens is 498 g/mol. The molecule has 1 unspecified atom stereocenters. The number of hydrogen-bond donors (Lipinski definition) is 2. The molecule has 2 fully saturated rings. The Hall–Kier alpha value is -2.55. The monoisotopic (exact) mass is 539 g/mol. The van der Waals surface area contributed by atoms with Crippen molar-refractivity contribution in [2.45, 2.75) is 69.6 Å². The second-order valence-electron chi connectivity index (χ2n) is 11.3. The molecule has 2 aliphatic heterocycles. The molecule has 0 aliphatic carbocycles. The Labute approximate surface area is 230 Å². The standard InChI is InChI=1S/C30H41N3O4S/c1-30(2,3)31-28(35)27-25-16-19-38-26(25)15-17-32(27)20-24(34)14-18-33(23-12-8-5-9-13-23)29(36)37-21-22-10-6-4-7-11-22/h4-13,24-27,34H,14-21H2,1-3H3,(H,31,35)/t24-,25+,26+,27?/m1/s1. The average Bonchev–Trinajstić information content (AvgIpc) is 3.36. The topological polar surface area (TPSA) is 82.1 Å². The maximum atomic E-state index is 13.4. The van der Waals surface area contributed by atoms with Gasteiger partial charge in [-0.15, -0.1) is 0 Å². The minimum atomic E-state index is -0.682. The third-order valence-corrected chi connectivity index (χ3v) is 8.64. The number of amides is 2. The molecule has 0 aromatic heterocycles. The molecule has 2 saturated heterocycles. The van der Waals surface area contributed by atoms with E-state index in [1.54, 1.807) is 4.90 Å². The maximum Gasteiger partial charge on any atom is 0.414 e. The molecule has 2 amide bonds. The smallest absolute Gasteiger partial charge is 0.414 e. The third-order valence-electron chi connectivity index (χ3n) is 7.15. The van der Waals surface area contributed by atoms with E-state index < -0.39 is 12.2 Å².